The van der Waals surface area contributed by atoms with Crippen LogP contribution in [-0.2, 0) is 19.7 Å². The maximum Gasteiger partial charge on any atom is 0.317 e. The minimum absolute atomic E-state index is 0.206. The van der Waals surface area contributed by atoms with Crippen molar-refractivity contribution in [2.45, 2.75) is 38.0 Å². The molecule has 2 aromatic rings. The Hall–Kier alpha value is -3.02. The summed E-state index contributed by atoms with van der Waals surface area (Å²) in [7, 11) is 0. The fourth-order valence-corrected chi connectivity index (χ4v) is 3.71. The van der Waals surface area contributed by atoms with Crippen LogP contribution in [0.5, 0.6) is 0 Å². The van der Waals surface area contributed by atoms with Crippen molar-refractivity contribution in [1.29, 1.82) is 0 Å². The summed E-state index contributed by atoms with van der Waals surface area (Å²) in [5, 5.41) is 2.62. The standard InChI is InChI=1S/C22H22FNO4/c1-15(25)24-17-10-8-16(9-11-17)20(26)14-28-21(27)22(12-4-5-13-22)18-6-2-3-7-19(18)23/h2-3,6-11H,4-5,12-14H2,1H3,(H,24,25). The van der Waals surface area contributed by atoms with Gasteiger partial charge >= 0.3 is 5.97 Å². The van der Waals surface area contributed by atoms with Crippen molar-refractivity contribution < 1.29 is 23.5 Å². The van der Waals surface area contributed by atoms with Gasteiger partial charge in [0, 0.05) is 23.7 Å². The molecule has 1 saturated carbocycles. The van der Waals surface area contributed by atoms with Crippen LogP contribution in [0.4, 0.5) is 10.1 Å². The number of ether oxygens (including phenoxy) is 1. The second-order valence-corrected chi connectivity index (χ2v) is 7.03. The molecule has 0 aromatic heterocycles. The predicted molar refractivity (Wildman–Crippen MR) is 103 cm³/mol. The Balaban J connectivity index is 1.69. The van der Waals surface area contributed by atoms with E-state index in [0.717, 1.165) is 12.8 Å². The van der Waals surface area contributed by atoms with Crippen LogP contribution >= 0.6 is 0 Å². The lowest BCUT2D eigenvalue weighted by atomic mass is 9.78. The van der Waals surface area contributed by atoms with Crippen molar-refractivity contribution in [2.24, 2.45) is 0 Å². The van der Waals surface area contributed by atoms with E-state index in [9.17, 15) is 18.8 Å². The molecule has 28 heavy (non-hydrogen) atoms. The first-order chi connectivity index (χ1) is 13.4. The molecule has 0 atom stereocenters. The van der Waals surface area contributed by atoms with E-state index in [4.69, 9.17) is 4.74 Å². The first-order valence-electron chi connectivity index (χ1n) is 9.25. The molecule has 0 heterocycles. The molecule has 0 bridgehead atoms. The molecular formula is C22H22FNO4. The smallest absolute Gasteiger partial charge is 0.317 e. The van der Waals surface area contributed by atoms with Crippen molar-refractivity contribution in [1.82, 2.24) is 0 Å². The normalized spacial score (nSPS) is 15.1. The van der Waals surface area contributed by atoms with Gasteiger partial charge in [-0.3, -0.25) is 14.4 Å². The Kier molecular flexibility index (Phi) is 5.87. The van der Waals surface area contributed by atoms with E-state index in [2.05, 4.69) is 5.32 Å². The molecule has 0 spiro atoms. The Morgan fingerprint density at radius 3 is 2.29 bits per heavy atom. The van der Waals surface area contributed by atoms with E-state index in [0.29, 0.717) is 29.7 Å². The number of nitrogens with one attached hydrogen (secondary N) is 1. The number of Topliss-reactive ketones (excluding diaryl/α,β-unsaturated/α-hetero) is 1. The van der Waals surface area contributed by atoms with Crippen molar-refractivity contribution in [3.05, 3.63) is 65.5 Å². The molecule has 1 aliphatic carbocycles. The van der Waals surface area contributed by atoms with E-state index in [-0.39, 0.29) is 11.7 Å². The van der Waals surface area contributed by atoms with Crippen molar-refractivity contribution in [3.63, 3.8) is 0 Å². The highest BCUT2D eigenvalue weighted by atomic mass is 19.1. The van der Waals surface area contributed by atoms with Crippen LogP contribution in [0.2, 0.25) is 0 Å². The first kappa shape index (κ1) is 19.7. The van der Waals surface area contributed by atoms with Gasteiger partial charge in [-0.05, 0) is 43.2 Å². The molecule has 1 aliphatic rings. The van der Waals surface area contributed by atoms with Gasteiger partial charge in [0.2, 0.25) is 5.91 Å². The van der Waals surface area contributed by atoms with Crippen LogP contribution in [0.3, 0.4) is 0 Å². The summed E-state index contributed by atoms with van der Waals surface area (Å²) in [6, 6.07) is 12.6. The summed E-state index contributed by atoms with van der Waals surface area (Å²) < 4.78 is 19.7. The molecule has 0 aliphatic heterocycles. The van der Waals surface area contributed by atoms with Gasteiger partial charge in [0.1, 0.15) is 5.82 Å². The number of hydrogen-bond donors (Lipinski definition) is 1. The molecular weight excluding hydrogens is 361 g/mol. The highest BCUT2D eigenvalue weighted by Crippen LogP contribution is 2.43. The van der Waals surface area contributed by atoms with Crippen LogP contribution in [0.1, 0.15) is 48.5 Å². The fraction of sp³-hybridized carbons (Fsp3) is 0.318. The number of halogens is 1. The van der Waals surface area contributed by atoms with Gasteiger partial charge in [-0.15, -0.1) is 0 Å². The van der Waals surface area contributed by atoms with Crippen LogP contribution in [0.15, 0.2) is 48.5 Å². The molecule has 0 unspecified atom stereocenters. The Morgan fingerprint density at radius 1 is 1.04 bits per heavy atom. The second kappa shape index (κ2) is 8.33. The lowest BCUT2D eigenvalue weighted by molar-refractivity contribution is -0.149. The van der Waals surface area contributed by atoms with E-state index < -0.39 is 23.8 Å². The Morgan fingerprint density at radius 2 is 1.68 bits per heavy atom. The largest absolute Gasteiger partial charge is 0.457 e. The number of rotatable bonds is 6. The number of esters is 1. The number of carbonyl (C=O) groups is 3. The van der Waals surface area contributed by atoms with Crippen LogP contribution in [0, 0.1) is 5.82 Å². The summed E-state index contributed by atoms with van der Waals surface area (Å²) >= 11 is 0. The third-order valence-corrected chi connectivity index (χ3v) is 5.10. The number of benzene rings is 2. The number of amides is 1. The molecule has 1 N–H and O–H groups in total. The minimum atomic E-state index is -1.03. The SMILES string of the molecule is CC(=O)Nc1ccc(C(=O)COC(=O)C2(c3ccccc3F)CCCC2)cc1. The third kappa shape index (κ3) is 4.11. The van der Waals surface area contributed by atoms with Crippen LogP contribution in [-0.4, -0.2) is 24.3 Å². The fourth-order valence-electron chi connectivity index (χ4n) is 3.71. The Bertz CT molecular complexity index is 886. The van der Waals surface area contributed by atoms with Gasteiger partial charge in [-0.1, -0.05) is 31.0 Å². The van der Waals surface area contributed by atoms with E-state index in [1.807, 2.05) is 0 Å². The minimum Gasteiger partial charge on any atom is -0.457 e. The third-order valence-electron chi connectivity index (χ3n) is 5.10. The zero-order chi connectivity index (χ0) is 20.1. The van der Waals surface area contributed by atoms with E-state index in [1.54, 1.807) is 42.5 Å². The summed E-state index contributed by atoms with van der Waals surface area (Å²) in [5.74, 6) is -1.55. The maximum absolute atomic E-state index is 14.3. The molecule has 2 aromatic carbocycles. The summed E-state index contributed by atoms with van der Waals surface area (Å²) in [4.78, 5) is 36.3. The highest BCUT2D eigenvalue weighted by molar-refractivity contribution is 5.99. The van der Waals surface area contributed by atoms with E-state index >= 15 is 0 Å². The molecule has 0 saturated heterocycles. The average Bonchev–Trinajstić information content (AvgIpc) is 3.17. The van der Waals surface area contributed by atoms with Gasteiger partial charge < -0.3 is 10.1 Å². The molecule has 0 radical (unpaired) electrons. The maximum atomic E-state index is 14.3. The topological polar surface area (TPSA) is 72.5 Å². The molecule has 1 amide bonds. The zero-order valence-electron chi connectivity index (χ0n) is 15.7. The predicted octanol–water partition coefficient (Wildman–Crippen LogP) is 4.02. The van der Waals surface area contributed by atoms with Crippen molar-refractivity contribution in [3.8, 4) is 0 Å². The van der Waals surface area contributed by atoms with Gasteiger partial charge in [0.25, 0.3) is 0 Å². The van der Waals surface area contributed by atoms with Crippen LogP contribution in [0.25, 0.3) is 0 Å². The quantitative estimate of drug-likeness (QED) is 0.604. The Labute approximate surface area is 162 Å². The monoisotopic (exact) mass is 383 g/mol. The summed E-state index contributed by atoms with van der Waals surface area (Å²) in [5.41, 5.74) is 0.254. The summed E-state index contributed by atoms with van der Waals surface area (Å²) in [6.07, 6.45) is 2.63. The average molecular weight is 383 g/mol. The van der Waals surface area contributed by atoms with Crippen LogP contribution < -0.4 is 5.32 Å². The molecule has 1 fully saturated rings. The van der Waals surface area contributed by atoms with Gasteiger partial charge in [-0.2, -0.15) is 0 Å². The van der Waals surface area contributed by atoms with E-state index in [1.165, 1.54) is 13.0 Å². The zero-order valence-corrected chi connectivity index (χ0v) is 15.7. The van der Waals surface area contributed by atoms with Gasteiger partial charge in [-0.25, -0.2) is 4.39 Å². The second-order valence-electron chi connectivity index (χ2n) is 7.03. The lowest BCUT2D eigenvalue weighted by Crippen LogP contribution is -2.36. The molecule has 3 rings (SSSR count). The van der Waals surface area contributed by atoms with Crippen molar-refractivity contribution in [2.75, 3.05) is 11.9 Å². The highest BCUT2D eigenvalue weighted by Gasteiger charge is 2.45. The first-order valence-corrected chi connectivity index (χ1v) is 9.25. The van der Waals surface area contributed by atoms with Crippen molar-refractivity contribution >= 4 is 23.3 Å². The lowest BCUT2D eigenvalue weighted by Gasteiger charge is -2.27. The molecule has 146 valence electrons. The molecule has 6 heteroatoms. The van der Waals surface area contributed by atoms with Gasteiger partial charge in [0.15, 0.2) is 12.4 Å². The van der Waals surface area contributed by atoms with Gasteiger partial charge in [0.05, 0.1) is 5.41 Å². The summed E-state index contributed by atoms with van der Waals surface area (Å²) in [6.45, 7) is 0.988. The number of hydrogen-bond acceptors (Lipinski definition) is 4. The molecule has 5 nitrogen and oxygen atoms in total. The number of carbonyl (C=O) groups excluding carboxylic acids is 3. The number of anilines is 1. The number of ketones is 1.